The van der Waals surface area contributed by atoms with Gasteiger partial charge in [0.05, 0.1) is 22.7 Å². The lowest BCUT2D eigenvalue weighted by molar-refractivity contribution is 0.324. The molecule has 0 aliphatic carbocycles. The van der Waals surface area contributed by atoms with Crippen LogP contribution in [0, 0.1) is 6.92 Å². The monoisotopic (exact) mass is 183 g/mol. The van der Waals surface area contributed by atoms with Crippen LogP contribution in [0.25, 0.3) is 0 Å². The van der Waals surface area contributed by atoms with E-state index in [2.05, 4.69) is 0 Å². The number of benzene rings is 1. The molecule has 13 heavy (non-hydrogen) atoms. The molecule has 1 aromatic rings. The van der Waals surface area contributed by atoms with Crippen molar-refractivity contribution in [2.24, 2.45) is 0 Å². The minimum absolute atomic E-state index is 0.324. The number of aryl methyl sites for hydroxylation is 1. The first-order chi connectivity index (χ1) is 6.65. The van der Waals surface area contributed by atoms with Crippen LogP contribution < -0.4 is 14.2 Å². The summed E-state index contributed by atoms with van der Waals surface area (Å²) in [6, 6.07) is 2.08. The zero-order chi connectivity index (χ0) is 10.7. The molecule has 0 aliphatic rings. The van der Waals surface area contributed by atoms with Crippen LogP contribution in [0.3, 0.4) is 0 Å². The molecule has 0 N–H and O–H groups in total. The van der Waals surface area contributed by atoms with Crippen LogP contribution >= 0.6 is 0 Å². The molecule has 0 radical (unpaired) electrons. The quantitative estimate of drug-likeness (QED) is 0.717. The Hall–Kier alpha value is -1.38. The molecule has 0 amide bonds. The zero-order valence-electron chi connectivity index (χ0n) is 9.30. The molecule has 0 saturated heterocycles. The molecule has 0 atom stereocenters. The largest absolute Gasteiger partial charge is 0.493 e. The van der Waals surface area contributed by atoms with E-state index in [-0.39, 0.29) is 0 Å². The van der Waals surface area contributed by atoms with Gasteiger partial charge in [0, 0.05) is 0 Å². The summed E-state index contributed by atoms with van der Waals surface area (Å²) in [6.45, 7) is 1.83. The highest BCUT2D eigenvalue weighted by Crippen LogP contribution is 2.37. The van der Waals surface area contributed by atoms with Gasteiger partial charge in [-0.15, -0.1) is 0 Å². The Kier molecular flexibility index (Phi) is 2.55. The van der Waals surface area contributed by atoms with Crippen molar-refractivity contribution in [3.8, 4) is 17.2 Å². The Morgan fingerprint density at radius 2 is 1.69 bits per heavy atom. The molecule has 1 aromatic carbocycles. The van der Waals surface area contributed by atoms with Gasteiger partial charge >= 0.3 is 0 Å². The Morgan fingerprint density at radius 1 is 1.08 bits per heavy atom. The lowest BCUT2D eigenvalue weighted by Crippen LogP contribution is -1.95. The van der Waals surface area contributed by atoms with Crippen LogP contribution in [0.4, 0.5) is 0 Å². The van der Waals surface area contributed by atoms with E-state index in [0.29, 0.717) is 23.3 Å². The van der Waals surface area contributed by atoms with Gasteiger partial charge in [-0.05, 0) is 24.6 Å². The molecule has 0 bridgehead atoms. The Morgan fingerprint density at radius 3 is 2.15 bits per heavy atom. The first-order valence-electron chi connectivity index (χ1n) is 4.41. The molecular formula is C10H14O3. The van der Waals surface area contributed by atoms with E-state index < -0.39 is 0 Å². The summed E-state index contributed by atoms with van der Waals surface area (Å²) in [5.74, 6) is 1.45. The summed E-state index contributed by atoms with van der Waals surface area (Å²) in [5.41, 5.74) is 0.791. The Labute approximate surface area is 79.6 Å². The molecular weight excluding hydrogens is 168 g/mol. The van der Waals surface area contributed by atoms with Gasteiger partial charge in [-0.2, -0.15) is 0 Å². The van der Waals surface area contributed by atoms with Crippen LogP contribution in [0.5, 0.6) is 17.2 Å². The molecule has 0 unspecified atom stereocenters. The maximum absolute atomic E-state index is 7.75. The second-order valence-corrected chi connectivity index (χ2v) is 2.59. The summed E-state index contributed by atoms with van der Waals surface area (Å²) in [6.07, 6.45) is 0. The maximum atomic E-state index is 7.75. The zero-order valence-corrected chi connectivity index (χ0v) is 8.30. The van der Waals surface area contributed by atoms with E-state index in [1.807, 2.05) is 6.92 Å². The smallest absolute Gasteiger partial charge is 0.203 e. The van der Waals surface area contributed by atoms with Gasteiger partial charge in [-0.1, -0.05) is 0 Å². The molecule has 0 spiro atoms. The van der Waals surface area contributed by atoms with Gasteiger partial charge in [0.25, 0.3) is 0 Å². The summed E-state index contributed by atoms with van der Waals surface area (Å²) >= 11 is 0. The second kappa shape index (κ2) is 4.03. The molecule has 0 fully saturated rings. The van der Waals surface area contributed by atoms with E-state index in [9.17, 15) is 0 Å². The van der Waals surface area contributed by atoms with Gasteiger partial charge in [0.2, 0.25) is 5.75 Å². The molecule has 1 rings (SSSR count). The van der Waals surface area contributed by atoms with E-state index in [1.54, 1.807) is 13.2 Å². The third-order valence-electron chi connectivity index (χ3n) is 1.72. The normalized spacial score (nSPS) is 10.6. The molecule has 0 aromatic heterocycles. The van der Waals surface area contributed by atoms with Crippen molar-refractivity contribution in [1.29, 1.82) is 0 Å². The fourth-order valence-electron chi connectivity index (χ4n) is 1.13. The predicted octanol–water partition coefficient (Wildman–Crippen LogP) is 2.02. The molecule has 3 nitrogen and oxygen atoms in total. The van der Waals surface area contributed by atoms with Crippen LogP contribution in [-0.4, -0.2) is 21.3 Å². The van der Waals surface area contributed by atoms with Crippen LogP contribution in [0.15, 0.2) is 12.1 Å². The van der Waals surface area contributed by atoms with Crippen molar-refractivity contribution in [2.75, 3.05) is 21.3 Å². The first kappa shape index (κ1) is 8.23. The van der Waals surface area contributed by atoms with E-state index in [4.69, 9.17) is 15.6 Å². The van der Waals surface area contributed by atoms with Gasteiger partial charge in [0.1, 0.15) is 0 Å². The van der Waals surface area contributed by atoms with Crippen LogP contribution in [0.2, 0.25) is 0 Å². The van der Waals surface area contributed by atoms with Crippen molar-refractivity contribution in [3.05, 3.63) is 17.7 Å². The average Bonchev–Trinajstić information content (AvgIpc) is 2.20. The third-order valence-corrected chi connectivity index (χ3v) is 1.72. The highest BCUT2D eigenvalue weighted by atomic mass is 16.5. The molecule has 0 aliphatic heterocycles. The average molecular weight is 183 g/mol. The van der Waals surface area contributed by atoms with Gasteiger partial charge in [-0.3, -0.25) is 0 Å². The Bertz CT molecular complexity index is 337. The van der Waals surface area contributed by atoms with Crippen molar-refractivity contribution in [2.45, 2.75) is 6.92 Å². The predicted molar refractivity (Wildman–Crippen MR) is 50.8 cm³/mol. The van der Waals surface area contributed by atoms with Crippen molar-refractivity contribution in [3.63, 3.8) is 0 Å². The third kappa shape index (κ3) is 1.86. The van der Waals surface area contributed by atoms with E-state index in [1.165, 1.54) is 14.2 Å². The highest BCUT2D eigenvalue weighted by molar-refractivity contribution is 5.53. The summed E-state index contributed by atoms with van der Waals surface area (Å²) < 4.78 is 23.1. The van der Waals surface area contributed by atoms with Crippen LogP contribution in [-0.2, 0) is 0 Å². The second-order valence-electron chi connectivity index (χ2n) is 2.59. The van der Waals surface area contributed by atoms with Gasteiger partial charge < -0.3 is 14.2 Å². The number of hydrogen-bond acceptors (Lipinski definition) is 3. The first-order valence-corrected chi connectivity index (χ1v) is 3.91. The number of rotatable bonds is 3. The van der Waals surface area contributed by atoms with Crippen molar-refractivity contribution >= 4 is 0 Å². The van der Waals surface area contributed by atoms with Crippen LogP contribution in [0.1, 0.15) is 6.93 Å². The fraction of sp³-hybridized carbons (Fsp3) is 0.400. The summed E-state index contributed by atoms with van der Waals surface area (Å²) in [5, 5.41) is 0. The lowest BCUT2D eigenvalue weighted by atomic mass is 10.2. The minimum Gasteiger partial charge on any atom is -0.493 e. The summed E-state index contributed by atoms with van der Waals surface area (Å²) in [7, 11) is 4.59. The number of methoxy groups -OCH3 is 3. The molecule has 72 valence electrons. The lowest BCUT2D eigenvalue weighted by Gasteiger charge is -2.12. The van der Waals surface area contributed by atoms with E-state index >= 15 is 0 Å². The van der Waals surface area contributed by atoms with Crippen molar-refractivity contribution in [1.82, 2.24) is 0 Å². The van der Waals surface area contributed by atoms with Crippen molar-refractivity contribution < 1.29 is 15.6 Å². The molecule has 0 saturated carbocycles. The highest BCUT2D eigenvalue weighted by Gasteiger charge is 2.10. The standard InChI is InChI=1S/C10H14O3/c1-7-5-8(11-2)10(13-4)9(6-7)12-3/h5-6H,1-4H3/i5D. The number of ether oxygens (including phenoxy) is 3. The van der Waals surface area contributed by atoms with E-state index in [0.717, 1.165) is 5.56 Å². The topological polar surface area (TPSA) is 27.7 Å². The fourth-order valence-corrected chi connectivity index (χ4v) is 1.13. The van der Waals surface area contributed by atoms with Gasteiger partial charge in [0.15, 0.2) is 11.5 Å². The Balaban J connectivity index is 3.42. The SMILES string of the molecule is [2H]c1c(C)cc(OC)c(OC)c1OC. The molecule has 0 heterocycles. The minimum atomic E-state index is 0.324. The summed E-state index contributed by atoms with van der Waals surface area (Å²) in [4.78, 5) is 0. The maximum Gasteiger partial charge on any atom is 0.203 e. The van der Waals surface area contributed by atoms with Gasteiger partial charge in [-0.25, -0.2) is 0 Å². The molecule has 3 heteroatoms. The number of hydrogen-bond donors (Lipinski definition) is 0.